The molecule has 0 saturated carbocycles. The quantitative estimate of drug-likeness (QED) is 0.671. The first-order valence-electron chi connectivity index (χ1n) is 5.11. The van der Waals surface area contributed by atoms with E-state index in [0.29, 0.717) is 13.2 Å². The molecule has 0 amide bonds. The first kappa shape index (κ1) is 13.1. The van der Waals surface area contributed by atoms with Crippen molar-refractivity contribution in [2.24, 2.45) is 0 Å². The Morgan fingerprint density at radius 1 is 1.27 bits per heavy atom. The van der Waals surface area contributed by atoms with Crippen molar-refractivity contribution in [3.8, 4) is 0 Å². The molecule has 6 heteroatoms. The summed E-state index contributed by atoms with van der Waals surface area (Å²) in [5, 5.41) is 0. The summed E-state index contributed by atoms with van der Waals surface area (Å²) in [4.78, 5) is 0. The molecule has 0 N–H and O–H groups in total. The standard InChI is InChI=1S/C9H20O5Si/c1-10-7-9-8-13-5-4-6-15(11-2,12-3)14-9/h9H,4-8H2,1-3H3. The highest BCUT2D eigenvalue weighted by Gasteiger charge is 2.42. The normalized spacial score (nSPS) is 27.0. The summed E-state index contributed by atoms with van der Waals surface area (Å²) in [5.41, 5.74) is 0. The molecule has 0 radical (unpaired) electrons. The number of hydrogen-bond donors (Lipinski definition) is 0. The Morgan fingerprint density at radius 3 is 2.60 bits per heavy atom. The molecule has 90 valence electrons. The Balaban J connectivity index is 2.59. The van der Waals surface area contributed by atoms with Crippen molar-refractivity contribution in [3.63, 3.8) is 0 Å². The zero-order valence-electron chi connectivity index (χ0n) is 9.65. The zero-order valence-corrected chi connectivity index (χ0v) is 10.7. The maximum absolute atomic E-state index is 5.86. The average molecular weight is 236 g/mol. The molecule has 0 spiro atoms. The van der Waals surface area contributed by atoms with Crippen LogP contribution in [0.4, 0.5) is 0 Å². The van der Waals surface area contributed by atoms with Crippen LogP contribution >= 0.6 is 0 Å². The van der Waals surface area contributed by atoms with E-state index in [2.05, 4.69) is 0 Å². The van der Waals surface area contributed by atoms with Gasteiger partial charge in [-0.25, -0.2) is 0 Å². The Kier molecular flexibility index (Phi) is 5.73. The van der Waals surface area contributed by atoms with Gasteiger partial charge in [-0.1, -0.05) is 0 Å². The molecule has 0 aromatic heterocycles. The zero-order chi connectivity index (χ0) is 11.1. The van der Waals surface area contributed by atoms with E-state index in [-0.39, 0.29) is 6.10 Å². The summed E-state index contributed by atoms with van der Waals surface area (Å²) in [6.07, 6.45) is 0.815. The van der Waals surface area contributed by atoms with Crippen LogP contribution in [0.1, 0.15) is 6.42 Å². The van der Waals surface area contributed by atoms with Crippen LogP contribution in [0.5, 0.6) is 0 Å². The number of ether oxygens (including phenoxy) is 2. The van der Waals surface area contributed by atoms with Crippen LogP contribution in [0, 0.1) is 0 Å². The predicted octanol–water partition coefficient (Wildman–Crippen LogP) is 0.670. The van der Waals surface area contributed by atoms with Crippen molar-refractivity contribution in [1.29, 1.82) is 0 Å². The lowest BCUT2D eigenvalue weighted by molar-refractivity contribution is -0.0431. The molecule has 1 aliphatic heterocycles. The SMILES string of the molecule is COCC1COCCC[Si](OC)(OC)O1. The van der Waals surface area contributed by atoms with Gasteiger partial charge in [0.05, 0.1) is 19.3 Å². The lowest BCUT2D eigenvalue weighted by Gasteiger charge is -2.32. The van der Waals surface area contributed by atoms with E-state index in [0.717, 1.165) is 19.1 Å². The second kappa shape index (κ2) is 6.57. The first-order valence-corrected chi connectivity index (χ1v) is 7.04. The van der Waals surface area contributed by atoms with Gasteiger partial charge in [0.15, 0.2) is 0 Å². The highest BCUT2D eigenvalue weighted by molar-refractivity contribution is 6.60. The second-order valence-corrected chi connectivity index (χ2v) is 6.38. The van der Waals surface area contributed by atoms with Crippen molar-refractivity contribution in [3.05, 3.63) is 0 Å². The highest BCUT2D eigenvalue weighted by Crippen LogP contribution is 2.20. The smallest absolute Gasteiger partial charge is 0.382 e. The minimum absolute atomic E-state index is 0.0955. The molecule has 1 fully saturated rings. The fourth-order valence-electron chi connectivity index (χ4n) is 1.60. The predicted molar refractivity (Wildman–Crippen MR) is 56.8 cm³/mol. The van der Waals surface area contributed by atoms with Gasteiger partial charge in [0.1, 0.15) is 0 Å². The molecule has 1 rings (SSSR count). The van der Waals surface area contributed by atoms with Crippen molar-refractivity contribution < 1.29 is 22.8 Å². The number of rotatable bonds is 4. The summed E-state index contributed by atoms with van der Waals surface area (Å²) in [5.74, 6) is 0. The van der Waals surface area contributed by atoms with Gasteiger partial charge >= 0.3 is 8.80 Å². The van der Waals surface area contributed by atoms with Gasteiger partial charge in [-0.3, -0.25) is 0 Å². The molecular formula is C9H20O5Si. The van der Waals surface area contributed by atoms with Crippen LogP contribution in [0.2, 0.25) is 6.04 Å². The molecule has 5 nitrogen and oxygen atoms in total. The molecule has 0 aromatic rings. The summed E-state index contributed by atoms with van der Waals surface area (Å²) in [6, 6.07) is 0.792. The van der Waals surface area contributed by atoms with Crippen LogP contribution in [-0.2, 0) is 22.8 Å². The molecule has 1 saturated heterocycles. The highest BCUT2D eigenvalue weighted by atomic mass is 28.4. The van der Waals surface area contributed by atoms with Crippen molar-refractivity contribution in [2.45, 2.75) is 18.6 Å². The molecule has 0 aromatic carbocycles. The third kappa shape index (κ3) is 3.82. The van der Waals surface area contributed by atoms with E-state index < -0.39 is 8.80 Å². The Bertz CT molecular complexity index is 174. The minimum Gasteiger partial charge on any atom is -0.382 e. The fraction of sp³-hybridized carbons (Fsp3) is 1.00. The van der Waals surface area contributed by atoms with E-state index in [9.17, 15) is 0 Å². The Hall–Kier alpha value is 0.0169. The van der Waals surface area contributed by atoms with Gasteiger partial charge in [-0.05, 0) is 6.42 Å². The molecular weight excluding hydrogens is 216 g/mol. The monoisotopic (exact) mass is 236 g/mol. The summed E-state index contributed by atoms with van der Waals surface area (Å²) < 4.78 is 27.2. The van der Waals surface area contributed by atoms with Crippen LogP contribution in [0.3, 0.4) is 0 Å². The Labute approximate surface area is 92.0 Å². The van der Waals surface area contributed by atoms with E-state index in [1.54, 1.807) is 21.3 Å². The van der Waals surface area contributed by atoms with Crippen molar-refractivity contribution in [1.82, 2.24) is 0 Å². The molecule has 1 aliphatic rings. The molecule has 1 unspecified atom stereocenters. The maximum Gasteiger partial charge on any atom is 0.500 e. The van der Waals surface area contributed by atoms with E-state index in [1.807, 2.05) is 0 Å². The van der Waals surface area contributed by atoms with Gasteiger partial charge in [-0.15, -0.1) is 0 Å². The third-order valence-corrected chi connectivity index (χ3v) is 5.30. The Morgan fingerprint density at radius 2 is 2.00 bits per heavy atom. The second-order valence-electron chi connectivity index (χ2n) is 3.46. The van der Waals surface area contributed by atoms with Crippen molar-refractivity contribution in [2.75, 3.05) is 41.2 Å². The molecule has 15 heavy (non-hydrogen) atoms. The van der Waals surface area contributed by atoms with Gasteiger partial charge in [0, 0.05) is 34.0 Å². The van der Waals surface area contributed by atoms with Crippen LogP contribution in [0.15, 0.2) is 0 Å². The molecule has 0 bridgehead atoms. The van der Waals surface area contributed by atoms with Crippen LogP contribution in [-0.4, -0.2) is 56.1 Å². The van der Waals surface area contributed by atoms with E-state index >= 15 is 0 Å². The minimum atomic E-state index is -2.47. The molecule has 0 aliphatic carbocycles. The fourth-order valence-corrected chi connectivity index (χ4v) is 3.71. The number of methoxy groups -OCH3 is 1. The van der Waals surface area contributed by atoms with Gasteiger partial charge in [-0.2, -0.15) is 0 Å². The topological polar surface area (TPSA) is 46.2 Å². The summed E-state index contributed by atoms with van der Waals surface area (Å²) >= 11 is 0. The van der Waals surface area contributed by atoms with Gasteiger partial charge in [0.2, 0.25) is 0 Å². The number of hydrogen-bond acceptors (Lipinski definition) is 5. The van der Waals surface area contributed by atoms with E-state index in [1.165, 1.54) is 0 Å². The molecule has 1 heterocycles. The average Bonchev–Trinajstić information content (AvgIpc) is 2.23. The maximum atomic E-state index is 5.86. The molecule has 1 atom stereocenters. The van der Waals surface area contributed by atoms with Crippen LogP contribution < -0.4 is 0 Å². The summed E-state index contributed by atoms with van der Waals surface area (Å²) in [7, 11) is 2.45. The largest absolute Gasteiger partial charge is 0.500 e. The van der Waals surface area contributed by atoms with E-state index in [4.69, 9.17) is 22.8 Å². The van der Waals surface area contributed by atoms with Crippen molar-refractivity contribution >= 4 is 8.80 Å². The van der Waals surface area contributed by atoms with Gasteiger partial charge < -0.3 is 22.8 Å². The van der Waals surface area contributed by atoms with Gasteiger partial charge in [0.25, 0.3) is 0 Å². The summed E-state index contributed by atoms with van der Waals surface area (Å²) in [6.45, 7) is 1.77. The van der Waals surface area contributed by atoms with Crippen LogP contribution in [0.25, 0.3) is 0 Å². The third-order valence-electron chi connectivity index (χ3n) is 2.40. The lowest BCUT2D eigenvalue weighted by Crippen LogP contribution is -2.50. The lowest BCUT2D eigenvalue weighted by atomic mass is 10.4. The first-order chi connectivity index (χ1) is 7.26.